The summed E-state index contributed by atoms with van der Waals surface area (Å²) in [5.41, 5.74) is 0.872. The molecule has 2 aromatic carbocycles. The van der Waals surface area contributed by atoms with Crippen LogP contribution in [0.4, 0.5) is 5.69 Å². The van der Waals surface area contributed by atoms with Gasteiger partial charge >= 0.3 is 0 Å². The van der Waals surface area contributed by atoms with Gasteiger partial charge in [-0.15, -0.1) is 0 Å². The maximum absolute atomic E-state index is 12.3. The van der Waals surface area contributed by atoms with Crippen molar-refractivity contribution in [1.82, 2.24) is 0 Å². The molecule has 112 valence electrons. The summed E-state index contributed by atoms with van der Waals surface area (Å²) in [7, 11) is -7.52. The van der Waals surface area contributed by atoms with Gasteiger partial charge in [0.25, 0.3) is 10.0 Å². The smallest absolute Gasteiger partial charge is 0.262 e. The van der Waals surface area contributed by atoms with Crippen LogP contribution in [0.5, 0.6) is 0 Å². The van der Waals surface area contributed by atoms with Crippen molar-refractivity contribution in [3.63, 3.8) is 0 Å². The number of anilines is 1. The predicted molar refractivity (Wildman–Crippen MR) is 79.8 cm³/mol. The van der Waals surface area contributed by atoms with E-state index in [-0.39, 0.29) is 15.5 Å². The van der Waals surface area contributed by atoms with E-state index in [1.165, 1.54) is 30.3 Å². The zero-order valence-corrected chi connectivity index (χ0v) is 12.8. The molecule has 6 nitrogen and oxygen atoms in total. The molecule has 0 bridgehead atoms. The fourth-order valence-electron chi connectivity index (χ4n) is 1.78. The van der Waals surface area contributed by atoms with Crippen LogP contribution in [0.25, 0.3) is 0 Å². The highest BCUT2D eigenvalue weighted by Crippen LogP contribution is 2.20. The second-order valence-corrected chi connectivity index (χ2v) is 7.65. The molecule has 2 aromatic rings. The van der Waals surface area contributed by atoms with E-state index in [4.69, 9.17) is 5.14 Å². The number of aryl methyl sites for hydroxylation is 1. The highest BCUT2D eigenvalue weighted by atomic mass is 32.2. The number of primary sulfonamides is 1. The number of hydrogen-bond donors (Lipinski definition) is 2. The van der Waals surface area contributed by atoms with Crippen LogP contribution in [-0.2, 0) is 20.0 Å². The van der Waals surface area contributed by atoms with Crippen LogP contribution in [0.2, 0.25) is 0 Å². The SMILES string of the molecule is Cc1ccccc1S(=O)(=O)Nc1ccc(S(N)(=O)=O)cc1. The third kappa shape index (κ3) is 3.60. The fourth-order valence-corrected chi connectivity index (χ4v) is 3.60. The van der Waals surface area contributed by atoms with E-state index < -0.39 is 20.0 Å². The second-order valence-electron chi connectivity index (χ2n) is 4.44. The standard InChI is InChI=1S/C13H14N2O4S2/c1-10-4-2-3-5-13(10)21(18,19)15-11-6-8-12(9-7-11)20(14,16)17/h2-9,15H,1H3,(H2,14,16,17). The molecule has 0 saturated heterocycles. The van der Waals surface area contributed by atoms with Crippen molar-refractivity contribution in [1.29, 1.82) is 0 Å². The fraction of sp³-hybridized carbons (Fsp3) is 0.0769. The van der Waals surface area contributed by atoms with Gasteiger partial charge < -0.3 is 0 Å². The minimum Gasteiger partial charge on any atom is -0.280 e. The molecular formula is C13H14N2O4S2. The Morgan fingerprint density at radius 1 is 0.905 bits per heavy atom. The van der Waals surface area contributed by atoms with Crippen molar-refractivity contribution in [3.8, 4) is 0 Å². The molecule has 0 spiro atoms. The van der Waals surface area contributed by atoms with Crippen LogP contribution in [0, 0.1) is 6.92 Å². The van der Waals surface area contributed by atoms with E-state index in [0.29, 0.717) is 5.56 Å². The Morgan fingerprint density at radius 2 is 1.48 bits per heavy atom. The van der Waals surface area contributed by atoms with Gasteiger partial charge in [-0.05, 0) is 42.8 Å². The molecule has 0 aliphatic heterocycles. The van der Waals surface area contributed by atoms with E-state index in [1.807, 2.05) is 0 Å². The molecule has 3 N–H and O–H groups in total. The summed E-state index contributed by atoms with van der Waals surface area (Å²) in [5.74, 6) is 0. The van der Waals surface area contributed by atoms with Crippen LogP contribution in [-0.4, -0.2) is 16.8 Å². The normalized spacial score (nSPS) is 12.1. The zero-order chi connectivity index (χ0) is 15.7. The van der Waals surface area contributed by atoms with Gasteiger partial charge in [-0.1, -0.05) is 18.2 Å². The molecule has 0 aliphatic rings. The van der Waals surface area contributed by atoms with Crippen molar-refractivity contribution in [3.05, 3.63) is 54.1 Å². The Morgan fingerprint density at radius 3 is 2.00 bits per heavy atom. The third-order valence-electron chi connectivity index (χ3n) is 2.82. The van der Waals surface area contributed by atoms with Crippen molar-refractivity contribution in [2.45, 2.75) is 16.7 Å². The average molecular weight is 326 g/mol. The number of hydrogen-bond acceptors (Lipinski definition) is 4. The first-order chi connectivity index (χ1) is 9.70. The summed E-state index contributed by atoms with van der Waals surface area (Å²) in [6.45, 7) is 1.69. The van der Waals surface area contributed by atoms with Crippen LogP contribution < -0.4 is 9.86 Å². The Balaban J connectivity index is 2.32. The molecule has 0 amide bonds. The largest absolute Gasteiger partial charge is 0.280 e. The van der Waals surface area contributed by atoms with E-state index in [1.54, 1.807) is 25.1 Å². The molecule has 0 fully saturated rings. The van der Waals surface area contributed by atoms with E-state index >= 15 is 0 Å². The molecule has 0 radical (unpaired) electrons. The second kappa shape index (κ2) is 5.47. The Kier molecular flexibility index (Phi) is 4.04. The van der Waals surface area contributed by atoms with Gasteiger partial charge in [0.1, 0.15) is 0 Å². The lowest BCUT2D eigenvalue weighted by molar-refractivity contribution is 0.597. The van der Waals surface area contributed by atoms with Crippen LogP contribution in [0.1, 0.15) is 5.56 Å². The first kappa shape index (κ1) is 15.5. The maximum Gasteiger partial charge on any atom is 0.262 e. The number of benzene rings is 2. The number of nitrogens with two attached hydrogens (primary N) is 1. The minimum atomic E-state index is -3.80. The molecule has 0 unspecified atom stereocenters. The first-order valence-corrected chi connectivity index (χ1v) is 8.94. The highest BCUT2D eigenvalue weighted by molar-refractivity contribution is 7.92. The van der Waals surface area contributed by atoms with Crippen molar-refractivity contribution in [2.24, 2.45) is 5.14 Å². The van der Waals surface area contributed by atoms with Gasteiger partial charge in [0.15, 0.2) is 0 Å². The highest BCUT2D eigenvalue weighted by Gasteiger charge is 2.16. The molecule has 0 atom stereocenters. The monoisotopic (exact) mass is 326 g/mol. The van der Waals surface area contributed by atoms with Crippen molar-refractivity contribution >= 4 is 25.7 Å². The third-order valence-corrected chi connectivity index (χ3v) is 5.29. The van der Waals surface area contributed by atoms with Crippen LogP contribution >= 0.6 is 0 Å². The van der Waals surface area contributed by atoms with Gasteiger partial charge in [-0.25, -0.2) is 22.0 Å². The molecule has 0 aliphatic carbocycles. The van der Waals surface area contributed by atoms with E-state index in [0.717, 1.165) is 0 Å². The van der Waals surface area contributed by atoms with E-state index in [9.17, 15) is 16.8 Å². The van der Waals surface area contributed by atoms with Gasteiger partial charge in [0.05, 0.1) is 9.79 Å². The topological polar surface area (TPSA) is 106 Å². The minimum absolute atomic E-state index is 0.0821. The summed E-state index contributed by atoms with van der Waals surface area (Å²) in [6.07, 6.45) is 0. The quantitative estimate of drug-likeness (QED) is 0.886. The van der Waals surface area contributed by atoms with Gasteiger partial charge in [0, 0.05) is 5.69 Å². The molecule has 0 saturated carbocycles. The number of rotatable bonds is 4. The molecular weight excluding hydrogens is 312 g/mol. The van der Waals surface area contributed by atoms with Crippen LogP contribution in [0.3, 0.4) is 0 Å². The lowest BCUT2D eigenvalue weighted by atomic mass is 10.2. The first-order valence-electron chi connectivity index (χ1n) is 5.91. The summed E-state index contributed by atoms with van der Waals surface area (Å²) in [5, 5.41) is 4.98. The average Bonchev–Trinajstić information content (AvgIpc) is 2.38. The lowest BCUT2D eigenvalue weighted by Crippen LogP contribution is -2.15. The van der Waals surface area contributed by atoms with Crippen molar-refractivity contribution < 1.29 is 16.8 Å². The van der Waals surface area contributed by atoms with Gasteiger partial charge in [-0.2, -0.15) is 0 Å². The summed E-state index contributed by atoms with van der Waals surface area (Å²) < 4.78 is 49.2. The molecule has 8 heteroatoms. The number of nitrogens with one attached hydrogen (secondary N) is 1. The summed E-state index contributed by atoms with van der Waals surface area (Å²) in [6, 6.07) is 11.7. The zero-order valence-electron chi connectivity index (χ0n) is 11.1. The Labute approximate surface area is 123 Å². The maximum atomic E-state index is 12.3. The number of sulfonamides is 2. The lowest BCUT2D eigenvalue weighted by Gasteiger charge is -2.10. The predicted octanol–water partition coefficient (Wildman–Crippen LogP) is 1.44. The molecule has 0 heterocycles. The Hall–Kier alpha value is -1.90. The molecule has 21 heavy (non-hydrogen) atoms. The summed E-state index contributed by atoms with van der Waals surface area (Å²) in [4.78, 5) is 0.0851. The van der Waals surface area contributed by atoms with Crippen molar-refractivity contribution in [2.75, 3.05) is 4.72 Å². The molecule has 0 aromatic heterocycles. The summed E-state index contributed by atoms with van der Waals surface area (Å²) >= 11 is 0. The van der Waals surface area contributed by atoms with E-state index in [2.05, 4.69) is 4.72 Å². The molecule has 2 rings (SSSR count). The van der Waals surface area contributed by atoms with Crippen LogP contribution in [0.15, 0.2) is 58.3 Å². The van der Waals surface area contributed by atoms with Gasteiger partial charge in [-0.3, -0.25) is 4.72 Å². The Bertz CT molecular complexity index is 857. The van der Waals surface area contributed by atoms with Gasteiger partial charge in [0.2, 0.25) is 10.0 Å².